The number of hydrogen-bond acceptors (Lipinski definition) is 3. The van der Waals surface area contributed by atoms with E-state index in [0.717, 1.165) is 5.75 Å². The molecule has 0 bridgehead atoms. The summed E-state index contributed by atoms with van der Waals surface area (Å²) in [4.78, 5) is 0. The summed E-state index contributed by atoms with van der Waals surface area (Å²) in [7, 11) is 0. The molecule has 1 fully saturated rings. The van der Waals surface area contributed by atoms with Crippen LogP contribution in [0.15, 0.2) is 24.3 Å². The lowest BCUT2D eigenvalue weighted by atomic mass is 9.50. The molecule has 19 heavy (non-hydrogen) atoms. The van der Waals surface area contributed by atoms with E-state index >= 15 is 0 Å². The second-order valence-corrected chi connectivity index (χ2v) is 6.25. The second-order valence-electron chi connectivity index (χ2n) is 6.25. The van der Waals surface area contributed by atoms with E-state index in [2.05, 4.69) is 33.8 Å². The molecule has 1 aromatic carbocycles. The van der Waals surface area contributed by atoms with Crippen molar-refractivity contribution in [3.63, 3.8) is 0 Å². The lowest BCUT2D eigenvalue weighted by molar-refractivity contribution is -0.155. The van der Waals surface area contributed by atoms with Crippen molar-refractivity contribution in [1.82, 2.24) is 0 Å². The third-order valence-electron chi connectivity index (χ3n) is 4.19. The number of halogens is 1. The van der Waals surface area contributed by atoms with E-state index in [-0.39, 0.29) is 35.4 Å². The minimum absolute atomic E-state index is 0. The van der Waals surface area contributed by atoms with E-state index in [9.17, 15) is 0 Å². The van der Waals surface area contributed by atoms with Crippen molar-refractivity contribution in [2.24, 2.45) is 16.6 Å². The Labute approximate surface area is 121 Å². The molecule has 2 N–H and O–H groups in total. The number of hydrogen-bond donors (Lipinski definition) is 1. The maximum atomic E-state index is 8.76. The minimum Gasteiger partial charge on any atom is -0.489 e. The van der Waals surface area contributed by atoms with Crippen molar-refractivity contribution in [3.8, 4) is 11.8 Å². The van der Waals surface area contributed by atoms with E-state index in [0.29, 0.717) is 5.56 Å². The number of nitrogens with two attached hydrogens (primary N) is 1. The van der Waals surface area contributed by atoms with Gasteiger partial charge < -0.3 is 10.5 Å². The van der Waals surface area contributed by atoms with E-state index in [1.165, 1.54) is 0 Å². The van der Waals surface area contributed by atoms with Crippen molar-refractivity contribution >= 4 is 12.4 Å². The molecule has 0 radical (unpaired) electrons. The molecule has 0 atom stereocenters. The van der Waals surface area contributed by atoms with Crippen LogP contribution in [0.3, 0.4) is 0 Å². The number of rotatable bonds is 2. The molecule has 1 saturated carbocycles. The lowest BCUT2D eigenvalue weighted by Gasteiger charge is -2.61. The number of nitriles is 1. The Hall–Kier alpha value is -1.24. The van der Waals surface area contributed by atoms with Crippen LogP contribution in [-0.4, -0.2) is 12.1 Å². The molecular formula is C15H21ClN2O. The standard InChI is InChI=1S/C15H20N2O.ClH/c1-14(2)12(17)15(3,4)13(14)18-11-7-5-10(9-16)6-8-11;/h5-8,12-13H,17H2,1-4H3;1H. The normalized spacial score (nSPS) is 26.5. The maximum Gasteiger partial charge on any atom is 0.119 e. The first-order chi connectivity index (χ1) is 8.30. The highest BCUT2D eigenvalue weighted by molar-refractivity contribution is 5.85. The van der Waals surface area contributed by atoms with Gasteiger partial charge in [0.15, 0.2) is 0 Å². The summed E-state index contributed by atoms with van der Waals surface area (Å²) in [5, 5.41) is 8.76. The molecule has 1 aliphatic rings. The molecule has 0 heterocycles. The van der Waals surface area contributed by atoms with Crippen LogP contribution in [0.2, 0.25) is 0 Å². The predicted octanol–water partition coefficient (Wildman–Crippen LogP) is 3.12. The zero-order valence-electron chi connectivity index (χ0n) is 11.8. The fraction of sp³-hybridized carbons (Fsp3) is 0.533. The van der Waals surface area contributed by atoms with Gasteiger partial charge in [-0.05, 0) is 24.3 Å². The van der Waals surface area contributed by atoms with Gasteiger partial charge in [-0.15, -0.1) is 12.4 Å². The summed E-state index contributed by atoms with van der Waals surface area (Å²) < 4.78 is 6.06. The molecule has 104 valence electrons. The van der Waals surface area contributed by atoms with Gasteiger partial charge in [-0.2, -0.15) is 5.26 Å². The predicted molar refractivity (Wildman–Crippen MR) is 78.4 cm³/mol. The first-order valence-corrected chi connectivity index (χ1v) is 6.22. The highest BCUT2D eigenvalue weighted by Gasteiger charge is 2.61. The van der Waals surface area contributed by atoms with Crippen LogP contribution in [0.1, 0.15) is 33.3 Å². The SMILES string of the molecule is CC1(C)C(N)C(C)(C)C1Oc1ccc(C#N)cc1.Cl. The van der Waals surface area contributed by atoms with E-state index in [1.54, 1.807) is 12.1 Å². The number of benzene rings is 1. The fourth-order valence-electron chi connectivity index (χ4n) is 3.20. The van der Waals surface area contributed by atoms with Gasteiger partial charge in [0.05, 0.1) is 11.6 Å². The van der Waals surface area contributed by atoms with Crippen LogP contribution in [-0.2, 0) is 0 Å². The van der Waals surface area contributed by atoms with Gasteiger partial charge in [0.2, 0.25) is 0 Å². The molecule has 0 aliphatic heterocycles. The van der Waals surface area contributed by atoms with Gasteiger partial charge in [-0.3, -0.25) is 0 Å². The first kappa shape index (κ1) is 15.8. The third-order valence-corrected chi connectivity index (χ3v) is 4.19. The minimum atomic E-state index is -0.0304. The molecule has 3 nitrogen and oxygen atoms in total. The summed E-state index contributed by atoms with van der Waals surface area (Å²) in [6, 6.07) is 9.46. The number of nitrogens with zero attached hydrogens (tertiary/aromatic N) is 1. The molecular weight excluding hydrogens is 260 g/mol. The largest absolute Gasteiger partial charge is 0.489 e. The molecule has 0 amide bonds. The summed E-state index contributed by atoms with van der Waals surface area (Å²) in [5.74, 6) is 0.798. The zero-order chi connectivity index (χ0) is 13.6. The van der Waals surface area contributed by atoms with Crippen molar-refractivity contribution in [2.45, 2.75) is 39.8 Å². The molecule has 0 saturated heterocycles. The van der Waals surface area contributed by atoms with Gasteiger partial charge >= 0.3 is 0 Å². The fourth-order valence-corrected chi connectivity index (χ4v) is 3.20. The second kappa shape index (κ2) is 5.03. The summed E-state index contributed by atoms with van der Waals surface area (Å²) >= 11 is 0. The maximum absolute atomic E-state index is 8.76. The Morgan fingerprint density at radius 2 is 1.58 bits per heavy atom. The summed E-state index contributed by atoms with van der Waals surface area (Å²) in [6.45, 7) is 8.54. The quantitative estimate of drug-likeness (QED) is 0.905. The Balaban J connectivity index is 0.00000180. The molecule has 0 unspecified atom stereocenters. The highest BCUT2D eigenvalue weighted by Crippen LogP contribution is 2.54. The van der Waals surface area contributed by atoms with E-state index in [4.69, 9.17) is 15.7 Å². The third kappa shape index (κ3) is 2.43. The van der Waals surface area contributed by atoms with Crippen LogP contribution < -0.4 is 10.5 Å². The van der Waals surface area contributed by atoms with Gasteiger partial charge in [-0.25, -0.2) is 0 Å². The molecule has 1 aliphatic carbocycles. The van der Waals surface area contributed by atoms with Crippen molar-refractivity contribution < 1.29 is 4.74 Å². The lowest BCUT2D eigenvalue weighted by Crippen LogP contribution is -2.72. The van der Waals surface area contributed by atoms with Crippen molar-refractivity contribution in [2.75, 3.05) is 0 Å². The average Bonchev–Trinajstić information content (AvgIpc) is 2.35. The molecule has 0 aromatic heterocycles. The Morgan fingerprint density at radius 1 is 1.11 bits per heavy atom. The van der Waals surface area contributed by atoms with Gasteiger partial charge in [0.1, 0.15) is 11.9 Å². The van der Waals surface area contributed by atoms with Gasteiger partial charge in [0, 0.05) is 16.9 Å². The number of ether oxygens (including phenoxy) is 1. The molecule has 1 aromatic rings. The highest BCUT2D eigenvalue weighted by atomic mass is 35.5. The van der Waals surface area contributed by atoms with Crippen molar-refractivity contribution in [1.29, 1.82) is 5.26 Å². The topological polar surface area (TPSA) is 59.0 Å². The Morgan fingerprint density at radius 3 is 2.00 bits per heavy atom. The van der Waals surface area contributed by atoms with Crippen LogP contribution in [0.5, 0.6) is 5.75 Å². The molecule has 2 rings (SSSR count). The van der Waals surface area contributed by atoms with E-state index in [1.807, 2.05) is 12.1 Å². The van der Waals surface area contributed by atoms with Gasteiger partial charge in [0.25, 0.3) is 0 Å². The Bertz CT molecular complexity index is 472. The van der Waals surface area contributed by atoms with Crippen LogP contribution in [0, 0.1) is 22.2 Å². The Kier molecular flexibility index (Phi) is 4.19. The zero-order valence-corrected chi connectivity index (χ0v) is 12.6. The summed E-state index contributed by atoms with van der Waals surface area (Å²) in [5.41, 5.74) is 6.78. The molecule has 0 spiro atoms. The van der Waals surface area contributed by atoms with Crippen LogP contribution >= 0.6 is 12.4 Å². The first-order valence-electron chi connectivity index (χ1n) is 6.22. The smallest absolute Gasteiger partial charge is 0.119 e. The van der Waals surface area contributed by atoms with Gasteiger partial charge in [-0.1, -0.05) is 27.7 Å². The molecule has 4 heteroatoms. The average molecular weight is 281 g/mol. The van der Waals surface area contributed by atoms with Crippen molar-refractivity contribution in [3.05, 3.63) is 29.8 Å². The van der Waals surface area contributed by atoms with Crippen LogP contribution in [0.4, 0.5) is 0 Å². The van der Waals surface area contributed by atoms with Crippen LogP contribution in [0.25, 0.3) is 0 Å². The van der Waals surface area contributed by atoms with E-state index < -0.39 is 0 Å². The monoisotopic (exact) mass is 280 g/mol. The summed E-state index contributed by atoms with van der Waals surface area (Å²) in [6.07, 6.45) is 0.0907.